The van der Waals surface area contributed by atoms with Crippen molar-refractivity contribution in [1.29, 1.82) is 0 Å². The Hall–Kier alpha value is -3.42. The van der Waals surface area contributed by atoms with Gasteiger partial charge in [-0.15, -0.1) is 0 Å². The summed E-state index contributed by atoms with van der Waals surface area (Å²) in [6.45, 7) is 13.4. The largest absolute Gasteiger partial charge is 0.491 e. The summed E-state index contributed by atoms with van der Waals surface area (Å²) in [5.41, 5.74) is 1.46. The first-order valence-electron chi connectivity index (χ1n) is 18.3. The summed E-state index contributed by atoms with van der Waals surface area (Å²) >= 11 is 0. The van der Waals surface area contributed by atoms with E-state index in [1.165, 1.54) is 13.8 Å². The number of rotatable bonds is 37. The highest BCUT2D eigenvalue weighted by atomic mass is 16.6. The van der Waals surface area contributed by atoms with E-state index in [9.17, 15) is 9.59 Å². The van der Waals surface area contributed by atoms with Gasteiger partial charge < -0.3 is 67.5 Å². The number of benzene rings is 2. The molecule has 0 atom stereocenters. The molecule has 306 valence electrons. The summed E-state index contributed by atoms with van der Waals surface area (Å²) < 4.78 is 66.1. The van der Waals surface area contributed by atoms with Gasteiger partial charge in [-0.05, 0) is 48.5 Å². The SMILES string of the molecule is CC(=O)Nc1ccc(OCCOCCOCCOCCOCCOCCOCCOCCOCCOCCOCCOc2ccc(NC(C)=O)cc2)cc1. The van der Waals surface area contributed by atoms with Crippen LogP contribution in [-0.4, -0.2) is 157 Å². The number of amides is 2. The molecular weight excluding hydrogens is 708 g/mol. The quantitative estimate of drug-likeness (QED) is 0.0962. The molecule has 0 radical (unpaired) electrons. The van der Waals surface area contributed by atoms with E-state index in [0.29, 0.717) is 157 Å². The van der Waals surface area contributed by atoms with E-state index in [4.69, 9.17) is 56.8 Å². The second-order valence-electron chi connectivity index (χ2n) is 11.2. The van der Waals surface area contributed by atoms with Crippen LogP contribution < -0.4 is 20.1 Å². The summed E-state index contributed by atoms with van der Waals surface area (Å²) in [4.78, 5) is 22.1. The zero-order valence-corrected chi connectivity index (χ0v) is 31.9. The summed E-state index contributed by atoms with van der Waals surface area (Å²) in [7, 11) is 0. The van der Waals surface area contributed by atoms with Gasteiger partial charge in [0.25, 0.3) is 0 Å². The van der Waals surface area contributed by atoms with Crippen LogP contribution in [0.1, 0.15) is 13.8 Å². The second kappa shape index (κ2) is 34.1. The number of carbonyl (C=O) groups excluding carboxylic acids is 2. The molecule has 0 aromatic heterocycles. The smallest absolute Gasteiger partial charge is 0.221 e. The van der Waals surface area contributed by atoms with Gasteiger partial charge in [0.1, 0.15) is 24.7 Å². The maximum Gasteiger partial charge on any atom is 0.221 e. The van der Waals surface area contributed by atoms with Crippen LogP contribution in [0.15, 0.2) is 48.5 Å². The van der Waals surface area contributed by atoms with E-state index in [-0.39, 0.29) is 11.8 Å². The van der Waals surface area contributed by atoms with Crippen molar-refractivity contribution >= 4 is 23.2 Å². The van der Waals surface area contributed by atoms with Crippen molar-refractivity contribution in [3.05, 3.63) is 48.5 Å². The van der Waals surface area contributed by atoms with E-state index < -0.39 is 0 Å². The van der Waals surface area contributed by atoms with Crippen LogP contribution in [-0.2, 0) is 57.0 Å². The summed E-state index contributed by atoms with van der Waals surface area (Å²) in [5, 5.41) is 5.42. The van der Waals surface area contributed by atoms with E-state index >= 15 is 0 Å². The molecule has 16 heteroatoms. The fourth-order valence-corrected chi connectivity index (χ4v) is 4.19. The molecule has 0 unspecified atom stereocenters. The van der Waals surface area contributed by atoms with Gasteiger partial charge in [-0.2, -0.15) is 0 Å². The fourth-order valence-electron chi connectivity index (χ4n) is 4.19. The molecule has 0 fully saturated rings. The topological polar surface area (TPSA) is 169 Å². The zero-order chi connectivity index (χ0) is 38.6. The van der Waals surface area contributed by atoms with Crippen LogP contribution in [0.5, 0.6) is 11.5 Å². The number of carbonyl (C=O) groups is 2. The Balaban J connectivity index is 1.17. The van der Waals surface area contributed by atoms with Gasteiger partial charge in [-0.25, -0.2) is 0 Å². The van der Waals surface area contributed by atoms with Crippen molar-refractivity contribution in [2.24, 2.45) is 0 Å². The average Bonchev–Trinajstić information content (AvgIpc) is 3.16. The van der Waals surface area contributed by atoms with E-state index in [1.807, 2.05) is 0 Å². The highest BCUT2D eigenvalue weighted by Crippen LogP contribution is 2.16. The predicted octanol–water partition coefficient (Wildman–Crippen LogP) is 3.23. The third-order valence-corrected chi connectivity index (χ3v) is 6.69. The third-order valence-electron chi connectivity index (χ3n) is 6.69. The Kier molecular flexibility index (Phi) is 29.5. The summed E-state index contributed by atoms with van der Waals surface area (Å²) in [6, 6.07) is 14.3. The van der Waals surface area contributed by atoms with Crippen LogP contribution in [0.3, 0.4) is 0 Å². The van der Waals surface area contributed by atoms with Crippen LogP contribution in [0, 0.1) is 0 Å². The van der Waals surface area contributed by atoms with Gasteiger partial charge in [0, 0.05) is 25.2 Å². The molecule has 0 spiro atoms. The van der Waals surface area contributed by atoms with Crippen molar-refractivity contribution in [2.45, 2.75) is 13.8 Å². The van der Waals surface area contributed by atoms with E-state index in [1.54, 1.807) is 48.5 Å². The Morgan fingerprint density at radius 3 is 0.704 bits per heavy atom. The first-order valence-corrected chi connectivity index (χ1v) is 18.3. The number of hydrogen-bond acceptors (Lipinski definition) is 14. The molecule has 54 heavy (non-hydrogen) atoms. The molecule has 2 N–H and O–H groups in total. The van der Waals surface area contributed by atoms with Crippen LogP contribution in [0.25, 0.3) is 0 Å². The van der Waals surface area contributed by atoms with Gasteiger partial charge in [0.05, 0.1) is 132 Å². The Labute approximate surface area is 319 Å². The molecule has 0 heterocycles. The fraction of sp³-hybridized carbons (Fsp3) is 0.632. The minimum Gasteiger partial charge on any atom is -0.491 e. The number of hydrogen-bond donors (Lipinski definition) is 2. The van der Waals surface area contributed by atoms with Gasteiger partial charge in [-0.3, -0.25) is 9.59 Å². The van der Waals surface area contributed by atoms with Gasteiger partial charge in [0.15, 0.2) is 0 Å². The van der Waals surface area contributed by atoms with Crippen LogP contribution >= 0.6 is 0 Å². The van der Waals surface area contributed by atoms with Gasteiger partial charge in [0.2, 0.25) is 11.8 Å². The van der Waals surface area contributed by atoms with E-state index in [0.717, 1.165) is 11.4 Å². The first-order chi connectivity index (χ1) is 26.5. The third kappa shape index (κ3) is 29.0. The molecule has 0 saturated heterocycles. The minimum absolute atomic E-state index is 0.111. The van der Waals surface area contributed by atoms with Crippen molar-refractivity contribution in [3.8, 4) is 11.5 Å². The molecule has 2 aromatic carbocycles. The lowest BCUT2D eigenvalue weighted by atomic mass is 10.3. The standard InChI is InChI=1S/C38H60N2O14/c1-33(41)39-35-3-7-37(8-4-35)53-31-29-51-27-25-49-23-21-47-19-17-45-15-13-43-11-12-44-14-16-46-18-20-48-22-24-50-26-28-52-30-32-54-38-9-5-36(6-10-38)40-34(2)42/h3-10H,11-32H2,1-2H3,(H,39,41)(H,40,42). The number of ether oxygens (including phenoxy) is 12. The lowest BCUT2D eigenvalue weighted by Crippen LogP contribution is -2.15. The number of nitrogens with one attached hydrogen (secondary N) is 2. The predicted molar refractivity (Wildman–Crippen MR) is 201 cm³/mol. The molecule has 0 aliphatic heterocycles. The molecule has 2 aromatic rings. The maximum atomic E-state index is 11.0. The molecule has 0 saturated carbocycles. The lowest BCUT2D eigenvalue weighted by Gasteiger charge is -2.09. The van der Waals surface area contributed by atoms with Crippen LogP contribution in [0.4, 0.5) is 11.4 Å². The first kappa shape index (κ1) is 46.7. The van der Waals surface area contributed by atoms with Gasteiger partial charge >= 0.3 is 0 Å². The molecule has 0 aliphatic carbocycles. The maximum absolute atomic E-state index is 11.0. The monoisotopic (exact) mass is 768 g/mol. The van der Waals surface area contributed by atoms with Crippen LogP contribution in [0.2, 0.25) is 0 Å². The Bertz CT molecular complexity index is 1080. The summed E-state index contributed by atoms with van der Waals surface area (Å²) in [6.07, 6.45) is 0. The van der Waals surface area contributed by atoms with Crippen molar-refractivity contribution < 1.29 is 66.4 Å². The summed E-state index contributed by atoms with van der Waals surface area (Å²) in [5.74, 6) is 1.20. The minimum atomic E-state index is -0.111. The molecule has 16 nitrogen and oxygen atoms in total. The highest BCUT2D eigenvalue weighted by molar-refractivity contribution is 5.89. The zero-order valence-electron chi connectivity index (χ0n) is 31.9. The Morgan fingerprint density at radius 2 is 0.519 bits per heavy atom. The molecule has 0 bridgehead atoms. The second-order valence-corrected chi connectivity index (χ2v) is 11.2. The van der Waals surface area contributed by atoms with Crippen molar-refractivity contribution in [2.75, 3.05) is 156 Å². The molecule has 2 amide bonds. The normalized spacial score (nSPS) is 11.1. The molecule has 2 rings (SSSR count). The van der Waals surface area contributed by atoms with E-state index in [2.05, 4.69) is 10.6 Å². The van der Waals surface area contributed by atoms with Crippen molar-refractivity contribution in [1.82, 2.24) is 0 Å². The lowest BCUT2D eigenvalue weighted by molar-refractivity contribution is -0.115. The highest BCUT2D eigenvalue weighted by Gasteiger charge is 2.00. The molecule has 0 aliphatic rings. The Morgan fingerprint density at radius 1 is 0.333 bits per heavy atom. The van der Waals surface area contributed by atoms with Gasteiger partial charge in [-0.1, -0.05) is 0 Å². The number of anilines is 2. The van der Waals surface area contributed by atoms with Crippen molar-refractivity contribution in [3.63, 3.8) is 0 Å². The molecular formula is C38H60N2O14. The average molecular weight is 769 g/mol.